The molecule has 0 aromatic heterocycles. The number of thioether (sulfide) groups is 1. The molecule has 2 amide bonds. The zero-order valence-electron chi connectivity index (χ0n) is 12.5. The maximum atomic E-state index is 13.0. The normalized spacial score (nSPS) is 15.8. The second kappa shape index (κ2) is 7.47. The summed E-state index contributed by atoms with van der Waals surface area (Å²) in [7, 11) is 0. The van der Waals surface area contributed by atoms with Crippen molar-refractivity contribution in [3.8, 4) is 0 Å². The summed E-state index contributed by atoms with van der Waals surface area (Å²) in [6.07, 6.45) is 1.60. The summed E-state index contributed by atoms with van der Waals surface area (Å²) in [4.78, 5) is 25.2. The number of hydrogen-bond acceptors (Lipinski definition) is 4. The smallest absolute Gasteiger partial charge is 0.267 e. The molecular formula is C17H10BrFN2O2S2. The van der Waals surface area contributed by atoms with E-state index in [1.54, 1.807) is 42.5 Å². The number of carbonyl (C=O) groups is 2. The van der Waals surface area contributed by atoms with Gasteiger partial charge < -0.3 is 0 Å². The van der Waals surface area contributed by atoms with Crippen LogP contribution >= 0.6 is 39.9 Å². The minimum absolute atomic E-state index is 0.221. The molecule has 0 unspecified atom stereocenters. The highest BCUT2D eigenvalue weighted by molar-refractivity contribution is 9.10. The van der Waals surface area contributed by atoms with Gasteiger partial charge in [0.2, 0.25) is 0 Å². The molecule has 126 valence electrons. The predicted octanol–water partition coefficient (Wildman–Crippen LogP) is 4.13. The van der Waals surface area contributed by atoms with Crippen LogP contribution in [0.4, 0.5) is 4.39 Å². The molecule has 0 atom stereocenters. The van der Waals surface area contributed by atoms with Gasteiger partial charge in [-0.05, 0) is 64.1 Å². The lowest BCUT2D eigenvalue weighted by Gasteiger charge is -2.16. The van der Waals surface area contributed by atoms with Crippen molar-refractivity contribution in [2.45, 2.75) is 0 Å². The average Bonchev–Trinajstić information content (AvgIpc) is 2.85. The van der Waals surface area contributed by atoms with Crippen LogP contribution in [-0.2, 0) is 4.79 Å². The zero-order chi connectivity index (χ0) is 18.0. The van der Waals surface area contributed by atoms with Crippen LogP contribution in [0.25, 0.3) is 6.08 Å². The fourth-order valence-electron chi connectivity index (χ4n) is 2.08. The second-order valence-corrected chi connectivity index (χ2v) is 7.52. The molecule has 1 fully saturated rings. The number of benzene rings is 2. The van der Waals surface area contributed by atoms with Crippen LogP contribution in [0.3, 0.4) is 0 Å². The Labute approximate surface area is 161 Å². The summed E-state index contributed by atoms with van der Waals surface area (Å²) in [5.74, 6) is -1.24. The summed E-state index contributed by atoms with van der Waals surface area (Å²) >= 11 is 9.54. The Kier molecular flexibility index (Phi) is 5.31. The molecule has 3 rings (SSSR count). The molecule has 2 aromatic carbocycles. The van der Waals surface area contributed by atoms with Crippen LogP contribution < -0.4 is 5.43 Å². The zero-order valence-corrected chi connectivity index (χ0v) is 15.8. The van der Waals surface area contributed by atoms with Crippen molar-refractivity contribution >= 4 is 62.1 Å². The topological polar surface area (TPSA) is 49.4 Å². The summed E-state index contributed by atoms with van der Waals surface area (Å²) in [5, 5.41) is 1.04. The van der Waals surface area contributed by atoms with Crippen molar-refractivity contribution in [3.05, 3.63) is 74.9 Å². The number of hydrogen-bond donors (Lipinski definition) is 1. The van der Waals surface area contributed by atoms with E-state index in [9.17, 15) is 14.0 Å². The Hall–Kier alpha value is -2.03. The SMILES string of the molecule is O=C(NN1C(=O)C(=Cc2ccc(F)cc2)SC1=S)c1ccccc1Br. The van der Waals surface area contributed by atoms with Crippen LogP contribution in [0.2, 0.25) is 0 Å². The predicted molar refractivity (Wildman–Crippen MR) is 103 cm³/mol. The van der Waals surface area contributed by atoms with Gasteiger partial charge in [0.05, 0.1) is 10.5 Å². The summed E-state index contributed by atoms with van der Waals surface area (Å²) in [6.45, 7) is 0. The molecule has 0 radical (unpaired) electrons. The first-order valence-corrected chi connectivity index (χ1v) is 9.06. The van der Waals surface area contributed by atoms with Crippen molar-refractivity contribution in [2.24, 2.45) is 0 Å². The highest BCUT2D eigenvalue weighted by Gasteiger charge is 2.34. The van der Waals surface area contributed by atoms with E-state index in [0.29, 0.717) is 20.5 Å². The molecule has 1 aliphatic heterocycles. The number of rotatable bonds is 3. The lowest BCUT2D eigenvalue weighted by molar-refractivity contribution is -0.123. The van der Waals surface area contributed by atoms with Crippen molar-refractivity contribution in [2.75, 3.05) is 0 Å². The number of hydrazine groups is 1. The number of amides is 2. The fourth-order valence-corrected chi connectivity index (χ4v) is 3.73. The van der Waals surface area contributed by atoms with E-state index in [0.717, 1.165) is 16.8 Å². The Morgan fingerprint density at radius 2 is 1.88 bits per heavy atom. The molecule has 25 heavy (non-hydrogen) atoms. The third-order valence-electron chi connectivity index (χ3n) is 3.29. The first-order valence-electron chi connectivity index (χ1n) is 7.05. The van der Waals surface area contributed by atoms with Gasteiger partial charge in [-0.15, -0.1) is 0 Å². The lowest BCUT2D eigenvalue weighted by Crippen LogP contribution is -2.44. The summed E-state index contributed by atoms with van der Waals surface area (Å²) in [5.41, 5.74) is 3.57. The average molecular weight is 437 g/mol. The molecule has 1 N–H and O–H groups in total. The second-order valence-electron chi connectivity index (χ2n) is 4.99. The Balaban J connectivity index is 1.79. The number of nitrogens with zero attached hydrogens (tertiary/aromatic N) is 1. The molecular weight excluding hydrogens is 427 g/mol. The largest absolute Gasteiger partial charge is 0.285 e. The van der Waals surface area contributed by atoms with E-state index in [-0.39, 0.29) is 10.1 Å². The van der Waals surface area contributed by atoms with E-state index < -0.39 is 11.8 Å². The van der Waals surface area contributed by atoms with Gasteiger partial charge in [0.1, 0.15) is 5.82 Å². The van der Waals surface area contributed by atoms with Crippen LogP contribution in [0.15, 0.2) is 57.9 Å². The van der Waals surface area contributed by atoms with Crippen molar-refractivity contribution in [1.82, 2.24) is 10.4 Å². The molecule has 0 spiro atoms. The molecule has 8 heteroatoms. The van der Waals surface area contributed by atoms with Crippen LogP contribution in [0.1, 0.15) is 15.9 Å². The van der Waals surface area contributed by atoms with Crippen molar-refractivity contribution < 1.29 is 14.0 Å². The van der Waals surface area contributed by atoms with E-state index in [1.807, 2.05) is 0 Å². The molecule has 2 aromatic rings. The minimum atomic E-state index is -0.452. The number of halogens is 2. The van der Waals surface area contributed by atoms with Gasteiger partial charge in [-0.3, -0.25) is 15.0 Å². The van der Waals surface area contributed by atoms with Gasteiger partial charge in [-0.25, -0.2) is 4.39 Å². The standard InChI is InChI=1S/C17H10BrFN2O2S2/c18-13-4-2-1-3-12(13)15(22)20-21-16(23)14(25-17(21)24)9-10-5-7-11(19)8-6-10/h1-9H,(H,20,22). The summed E-state index contributed by atoms with van der Waals surface area (Å²) < 4.78 is 13.8. The Morgan fingerprint density at radius 3 is 2.56 bits per heavy atom. The van der Waals surface area contributed by atoms with Crippen LogP contribution in [-0.4, -0.2) is 21.1 Å². The first-order chi connectivity index (χ1) is 12.0. The van der Waals surface area contributed by atoms with Gasteiger partial charge in [0.15, 0.2) is 4.32 Å². The number of carbonyl (C=O) groups excluding carboxylic acids is 2. The highest BCUT2D eigenvalue weighted by Crippen LogP contribution is 2.31. The molecule has 4 nitrogen and oxygen atoms in total. The fraction of sp³-hybridized carbons (Fsp3) is 0. The molecule has 0 aliphatic carbocycles. The van der Waals surface area contributed by atoms with E-state index in [2.05, 4.69) is 21.4 Å². The van der Waals surface area contributed by atoms with E-state index in [4.69, 9.17) is 12.2 Å². The van der Waals surface area contributed by atoms with Gasteiger partial charge in [-0.1, -0.05) is 36.0 Å². The monoisotopic (exact) mass is 436 g/mol. The Bertz CT molecular complexity index is 900. The minimum Gasteiger partial charge on any atom is -0.267 e. The van der Waals surface area contributed by atoms with Gasteiger partial charge in [0.25, 0.3) is 11.8 Å². The first kappa shape index (κ1) is 17.8. The van der Waals surface area contributed by atoms with E-state index >= 15 is 0 Å². The third kappa shape index (κ3) is 3.97. The van der Waals surface area contributed by atoms with Crippen LogP contribution in [0, 0.1) is 5.82 Å². The quantitative estimate of drug-likeness (QED) is 0.580. The number of nitrogens with one attached hydrogen (secondary N) is 1. The van der Waals surface area contributed by atoms with E-state index in [1.165, 1.54) is 12.1 Å². The maximum absolute atomic E-state index is 13.0. The highest BCUT2D eigenvalue weighted by atomic mass is 79.9. The third-order valence-corrected chi connectivity index (χ3v) is 5.29. The number of thiocarbonyl (C=S) groups is 1. The molecule has 1 aliphatic rings. The van der Waals surface area contributed by atoms with Gasteiger partial charge >= 0.3 is 0 Å². The van der Waals surface area contributed by atoms with Gasteiger partial charge in [0, 0.05) is 4.47 Å². The van der Waals surface area contributed by atoms with Crippen LogP contribution in [0.5, 0.6) is 0 Å². The molecule has 1 heterocycles. The van der Waals surface area contributed by atoms with Crippen molar-refractivity contribution in [1.29, 1.82) is 0 Å². The van der Waals surface area contributed by atoms with Gasteiger partial charge in [-0.2, -0.15) is 5.01 Å². The lowest BCUT2D eigenvalue weighted by atomic mass is 10.2. The maximum Gasteiger partial charge on any atom is 0.285 e. The summed E-state index contributed by atoms with van der Waals surface area (Å²) in [6, 6.07) is 12.6. The Morgan fingerprint density at radius 1 is 1.20 bits per heavy atom. The molecule has 0 bridgehead atoms. The van der Waals surface area contributed by atoms with Crippen molar-refractivity contribution in [3.63, 3.8) is 0 Å². The molecule has 1 saturated heterocycles. The molecule has 0 saturated carbocycles.